The highest BCUT2D eigenvalue weighted by molar-refractivity contribution is 5.30. The lowest BCUT2D eigenvalue weighted by Gasteiger charge is -2.58. The highest BCUT2D eigenvalue weighted by Crippen LogP contribution is 2.69. The second-order valence-corrected chi connectivity index (χ2v) is 26.0. The number of ether oxygens (including phenoxy) is 11. The van der Waals surface area contributed by atoms with Crippen molar-refractivity contribution < 1.29 is 129 Å². The summed E-state index contributed by atoms with van der Waals surface area (Å²) in [6, 6.07) is 0. The predicted octanol–water partition coefficient (Wildman–Crippen LogP) is -3.21. The van der Waals surface area contributed by atoms with E-state index in [1.165, 1.54) is 25.0 Å². The molecule has 0 radical (unpaired) electrons. The molecule has 10 aliphatic rings. The van der Waals surface area contributed by atoms with E-state index in [9.17, 15) is 76.6 Å². The van der Waals surface area contributed by atoms with Crippen LogP contribution in [0.2, 0.25) is 0 Å². The van der Waals surface area contributed by atoms with Gasteiger partial charge >= 0.3 is 0 Å². The van der Waals surface area contributed by atoms with Gasteiger partial charge in [-0.1, -0.05) is 32.4 Å². The molecule has 6 heterocycles. The molecule has 0 spiro atoms. The largest absolute Gasteiger partial charge is 0.494 e. The molecule has 83 heavy (non-hydrogen) atoms. The molecular weight excluding hydrogens is 1100 g/mol. The van der Waals surface area contributed by atoms with Crippen LogP contribution >= 0.6 is 0 Å². The molecule has 34 unspecified atom stereocenters. The number of aliphatic hydroxyl groups excluding tert-OH is 15. The van der Waals surface area contributed by atoms with Crippen LogP contribution in [0.1, 0.15) is 99.3 Å². The first kappa shape index (κ1) is 64.3. The molecule has 0 aromatic carbocycles. The summed E-state index contributed by atoms with van der Waals surface area (Å²) in [6.45, 7) is 10.1. The van der Waals surface area contributed by atoms with Gasteiger partial charge in [0.05, 0.1) is 50.5 Å². The Morgan fingerprint density at radius 2 is 1.11 bits per heavy atom. The first-order chi connectivity index (χ1) is 39.3. The van der Waals surface area contributed by atoms with Crippen LogP contribution in [-0.4, -0.2) is 269 Å². The maximum Gasteiger partial charge on any atom is 0.187 e. The van der Waals surface area contributed by atoms with Crippen LogP contribution in [0.3, 0.4) is 0 Å². The van der Waals surface area contributed by atoms with E-state index in [2.05, 4.69) is 26.8 Å². The average Bonchev–Trinajstić information content (AvgIpc) is 3.81. The molecule has 0 bridgehead atoms. The Labute approximate surface area is 482 Å². The van der Waals surface area contributed by atoms with Gasteiger partial charge in [0.2, 0.25) is 0 Å². The average molecular weight is 1190 g/mol. The summed E-state index contributed by atoms with van der Waals surface area (Å²) in [7, 11) is 0. The van der Waals surface area contributed by atoms with Gasteiger partial charge in [0.15, 0.2) is 31.5 Å². The molecule has 34 atom stereocenters. The summed E-state index contributed by atoms with van der Waals surface area (Å²) in [4.78, 5) is 0. The SMILES string of the molecule is CC1=C(CCC(C)COC2OC(CO)C(O)C(O)C2O)OC2CC3C4CC=C5CC(OC6OC(CO)C(O)C(OC7OC(C)C(OC8OC(CO)C(O)C(O)C8O)C(O)C7O)C6OC6OC(C)C(O)C(O)C6O)CCC5(C)C4CCC3(C)C12. The smallest absolute Gasteiger partial charge is 0.187 e. The molecule has 5 saturated heterocycles. The first-order valence-corrected chi connectivity index (χ1v) is 29.9. The molecule has 8 fully saturated rings. The Morgan fingerprint density at radius 1 is 0.566 bits per heavy atom. The Hall–Kier alpha value is -1.72. The molecule has 26 heteroatoms. The maximum absolute atomic E-state index is 11.9. The molecule has 26 nitrogen and oxygen atoms in total. The highest BCUT2D eigenvalue weighted by Gasteiger charge is 2.64. The lowest BCUT2D eigenvalue weighted by atomic mass is 9.47. The van der Waals surface area contributed by atoms with Crippen molar-refractivity contribution in [3.05, 3.63) is 23.0 Å². The standard InChI is InChI=1S/C57H92O26/c1-21(20-73-51-44(69)41(66)37(62)32(17-58)78-51)7-10-30-22(2)35-31(77-30)16-29-27-9-8-25-15-26(11-13-56(25,5)28(27)12-14-57(29,35)6)76-55-50(83-52-45(70)40(65)36(61)23(3)74-52)49(39(64)34(19-60)80-55)82-53-47(72)43(68)48(24(4)75-53)81-54-46(71)42(67)38(63)33(18-59)79-54/h8,21,23-24,26-29,31-55,58-72H,7,9-20H2,1-6H3. The van der Waals surface area contributed by atoms with Crippen molar-refractivity contribution in [3.63, 3.8) is 0 Å². The van der Waals surface area contributed by atoms with Crippen molar-refractivity contribution >= 4 is 0 Å². The van der Waals surface area contributed by atoms with Gasteiger partial charge in [-0.05, 0) is 112 Å². The van der Waals surface area contributed by atoms with Gasteiger partial charge < -0.3 is 129 Å². The molecule has 0 aromatic rings. The van der Waals surface area contributed by atoms with Gasteiger partial charge in [-0.2, -0.15) is 0 Å². The summed E-state index contributed by atoms with van der Waals surface area (Å²) in [5.41, 5.74) is 2.41. The van der Waals surface area contributed by atoms with Crippen molar-refractivity contribution in [1.82, 2.24) is 0 Å². The van der Waals surface area contributed by atoms with Crippen LogP contribution in [0.5, 0.6) is 0 Å². The Morgan fingerprint density at radius 3 is 1.76 bits per heavy atom. The molecule has 15 N–H and O–H groups in total. The summed E-state index contributed by atoms with van der Waals surface area (Å²) < 4.78 is 67.2. The zero-order valence-corrected chi connectivity index (χ0v) is 47.9. The molecule has 0 aromatic heterocycles. The second-order valence-electron chi connectivity index (χ2n) is 26.0. The van der Waals surface area contributed by atoms with Gasteiger partial charge in [-0.3, -0.25) is 0 Å². The lowest BCUT2D eigenvalue weighted by Crippen LogP contribution is -2.67. The number of rotatable bonds is 17. The van der Waals surface area contributed by atoms with Crippen molar-refractivity contribution in [2.75, 3.05) is 26.4 Å². The van der Waals surface area contributed by atoms with E-state index in [1.54, 1.807) is 0 Å². The molecule has 6 aliphatic heterocycles. The van der Waals surface area contributed by atoms with Crippen LogP contribution < -0.4 is 0 Å². The Balaban J connectivity index is 0.808. The van der Waals surface area contributed by atoms with Crippen molar-refractivity contribution in [2.45, 2.75) is 265 Å². The third-order valence-electron chi connectivity index (χ3n) is 21.0. The van der Waals surface area contributed by atoms with E-state index in [0.717, 1.165) is 44.3 Å². The van der Waals surface area contributed by atoms with E-state index in [4.69, 9.17) is 52.1 Å². The summed E-state index contributed by atoms with van der Waals surface area (Å²) >= 11 is 0. The first-order valence-electron chi connectivity index (χ1n) is 29.9. The lowest BCUT2D eigenvalue weighted by molar-refractivity contribution is -0.398. The number of fused-ring (bicyclic) bond motifs is 7. The summed E-state index contributed by atoms with van der Waals surface area (Å²) in [5.74, 6) is 2.57. The Bertz CT molecular complexity index is 2240. The number of allylic oxidation sites excluding steroid dienone is 2. The topological polar surface area (TPSA) is 405 Å². The van der Waals surface area contributed by atoms with Gasteiger partial charge in [0, 0.05) is 12.3 Å². The summed E-state index contributed by atoms with van der Waals surface area (Å²) in [6.07, 6.45) is -29.6. The Kier molecular flexibility index (Phi) is 19.9. The number of hydrogen-bond acceptors (Lipinski definition) is 26. The third-order valence-corrected chi connectivity index (χ3v) is 21.0. The van der Waals surface area contributed by atoms with Crippen LogP contribution in [-0.2, 0) is 52.1 Å². The van der Waals surface area contributed by atoms with Crippen molar-refractivity contribution in [2.24, 2.45) is 40.4 Å². The molecular formula is C57H92O26. The predicted molar refractivity (Wildman–Crippen MR) is 280 cm³/mol. The fraction of sp³-hybridized carbons (Fsp3) is 0.930. The van der Waals surface area contributed by atoms with Crippen molar-refractivity contribution in [1.29, 1.82) is 0 Å². The van der Waals surface area contributed by atoms with Gasteiger partial charge in [-0.15, -0.1) is 0 Å². The fourth-order valence-electron chi connectivity index (χ4n) is 16.0. The summed E-state index contributed by atoms with van der Waals surface area (Å²) in [5, 5.41) is 160. The van der Waals surface area contributed by atoms with Gasteiger partial charge in [0.1, 0.15) is 116 Å². The molecule has 10 rings (SSSR count). The zero-order chi connectivity index (χ0) is 59.9. The molecule has 4 aliphatic carbocycles. The van der Waals surface area contributed by atoms with E-state index in [-0.39, 0.29) is 35.4 Å². The van der Waals surface area contributed by atoms with E-state index >= 15 is 0 Å². The molecule has 3 saturated carbocycles. The third kappa shape index (κ3) is 11.9. The second kappa shape index (κ2) is 25.6. The van der Waals surface area contributed by atoms with E-state index < -0.39 is 179 Å². The van der Waals surface area contributed by atoms with Crippen LogP contribution in [0.4, 0.5) is 0 Å². The highest BCUT2D eigenvalue weighted by atomic mass is 16.8. The minimum Gasteiger partial charge on any atom is -0.494 e. The van der Waals surface area contributed by atoms with Crippen LogP contribution in [0.15, 0.2) is 23.0 Å². The number of hydrogen-bond donors (Lipinski definition) is 15. The van der Waals surface area contributed by atoms with Crippen LogP contribution in [0, 0.1) is 40.4 Å². The minimum absolute atomic E-state index is 0.0250. The van der Waals surface area contributed by atoms with E-state index in [1.807, 2.05) is 6.92 Å². The molecule has 0 amide bonds. The maximum atomic E-state index is 11.9. The quantitative estimate of drug-likeness (QED) is 0.0638. The van der Waals surface area contributed by atoms with E-state index in [0.29, 0.717) is 37.0 Å². The van der Waals surface area contributed by atoms with Gasteiger partial charge in [-0.25, -0.2) is 0 Å². The van der Waals surface area contributed by atoms with Crippen molar-refractivity contribution in [3.8, 4) is 0 Å². The number of aliphatic hydroxyl groups is 15. The monoisotopic (exact) mass is 1190 g/mol. The van der Waals surface area contributed by atoms with Gasteiger partial charge in [0.25, 0.3) is 0 Å². The minimum atomic E-state index is -1.95. The normalized spacial score (nSPS) is 53.1. The molecule has 476 valence electrons. The fourth-order valence-corrected chi connectivity index (χ4v) is 16.0. The van der Waals surface area contributed by atoms with Crippen LogP contribution in [0.25, 0.3) is 0 Å². The zero-order valence-electron chi connectivity index (χ0n) is 47.9.